The van der Waals surface area contributed by atoms with E-state index in [0.717, 1.165) is 5.56 Å². The minimum absolute atomic E-state index is 0.0231. The zero-order valence-electron chi connectivity index (χ0n) is 10.7. The summed E-state index contributed by atoms with van der Waals surface area (Å²) in [5.74, 6) is 0.0397. The van der Waals surface area contributed by atoms with E-state index in [-0.39, 0.29) is 12.5 Å². The first kappa shape index (κ1) is 14.6. The molecule has 1 N–H and O–H groups in total. The Balaban J connectivity index is 2.40. The first-order chi connectivity index (χ1) is 8.77. The molecule has 0 fully saturated rings. The van der Waals surface area contributed by atoms with E-state index in [1.165, 1.54) is 0 Å². The summed E-state index contributed by atoms with van der Waals surface area (Å²) in [6, 6.07) is 3.80. The molecule has 1 aromatic heterocycles. The second-order valence-electron chi connectivity index (χ2n) is 3.95. The molecule has 1 aromatic rings. The number of amides is 1. The largest absolute Gasteiger partial charge is 0.395 e. The molecule has 0 saturated carbocycles. The van der Waals surface area contributed by atoms with E-state index < -0.39 is 0 Å². The number of carbonyl (C=O) groups is 1. The lowest BCUT2D eigenvalue weighted by Gasteiger charge is -2.21. The summed E-state index contributed by atoms with van der Waals surface area (Å²) < 4.78 is 4.95. The van der Waals surface area contributed by atoms with Crippen molar-refractivity contribution in [2.75, 3.05) is 33.4 Å². The summed E-state index contributed by atoms with van der Waals surface area (Å²) >= 11 is 0. The molecule has 5 nitrogen and oxygen atoms in total. The van der Waals surface area contributed by atoms with Crippen molar-refractivity contribution in [2.24, 2.45) is 0 Å². The van der Waals surface area contributed by atoms with Crippen molar-refractivity contribution in [1.82, 2.24) is 9.88 Å². The summed E-state index contributed by atoms with van der Waals surface area (Å²) in [4.78, 5) is 17.5. The van der Waals surface area contributed by atoms with E-state index in [0.29, 0.717) is 32.5 Å². The van der Waals surface area contributed by atoms with Gasteiger partial charge in [0.15, 0.2) is 0 Å². The highest BCUT2D eigenvalue weighted by molar-refractivity contribution is 5.76. The summed E-state index contributed by atoms with van der Waals surface area (Å²) in [6.45, 7) is 1.34. The van der Waals surface area contributed by atoms with Crippen molar-refractivity contribution >= 4 is 5.91 Å². The first-order valence-electron chi connectivity index (χ1n) is 6.04. The van der Waals surface area contributed by atoms with E-state index in [1.807, 2.05) is 12.1 Å². The predicted molar refractivity (Wildman–Crippen MR) is 68.1 cm³/mol. The summed E-state index contributed by atoms with van der Waals surface area (Å²) in [6.07, 6.45) is 4.57. The van der Waals surface area contributed by atoms with E-state index in [4.69, 9.17) is 9.84 Å². The van der Waals surface area contributed by atoms with Gasteiger partial charge in [0.1, 0.15) is 0 Å². The number of aliphatic hydroxyl groups is 1. The number of hydrogen-bond acceptors (Lipinski definition) is 4. The van der Waals surface area contributed by atoms with Gasteiger partial charge in [-0.15, -0.1) is 0 Å². The zero-order chi connectivity index (χ0) is 13.2. The molecule has 1 amide bonds. The molecule has 18 heavy (non-hydrogen) atoms. The van der Waals surface area contributed by atoms with Crippen molar-refractivity contribution in [3.8, 4) is 0 Å². The molecule has 0 spiro atoms. The van der Waals surface area contributed by atoms with Gasteiger partial charge in [0.05, 0.1) is 13.2 Å². The van der Waals surface area contributed by atoms with Crippen LogP contribution in [0.15, 0.2) is 24.5 Å². The molecule has 0 aromatic carbocycles. The van der Waals surface area contributed by atoms with Crippen molar-refractivity contribution in [1.29, 1.82) is 0 Å². The lowest BCUT2D eigenvalue weighted by atomic mass is 10.1. The second kappa shape index (κ2) is 8.60. The number of rotatable bonds is 8. The molecule has 0 aliphatic rings. The second-order valence-corrected chi connectivity index (χ2v) is 3.95. The quantitative estimate of drug-likeness (QED) is 0.731. The molecule has 5 heteroatoms. The Kier molecular flexibility index (Phi) is 6.98. The van der Waals surface area contributed by atoms with E-state index in [1.54, 1.807) is 24.4 Å². The first-order valence-corrected chi connectivity index (χ1v) is 6.04. The SMILES string of the molecule is COCCN(CCO)C(=O)CCc1ccncc1. The van der Waals surface area contributed by atoms with E-state index in [9.17, 15) is 4.79 Å². The van der Waals surface area contributed by atoms with Gasteiger partial charge in [-0.2, -0.15) is 0 Å². The van der Waals surface area contributed by atoms with Gasteiger partial charge in [-0.3, -0.25) is 9.78 Å². The van der Waals surface area contributed by atoms with Gasteiger partial charge in [0.25, 0.3) is 0 Å². The van der Waals surface area contributed by atoms with Crippen LogP contribution in [0.5, 0.6) is 0 Å². The van der Waals surface area contributed by atoms with E-state index in [2.05, 4.69) is 4.98 Å². The highest BCUT2D eigenvalue weighted by atomic mass is 16.5. The van der Waals surface area contributed by atoms with Crippen LogP contribution in [0.2, 0.25) is 0 Å². The van der Waals surface area contributed by atoms with Gasteiger partial charge in [0.2, 0.25) is 5.91 Å². The van der Waals surface area contributed by atoms with Crippen LogP contribution in [0.4, 0.5) is 0 Å². The van der Waals surface area contributed by atoms with Crippen LogP contribution in [0, 0.1) is 0 Å². The van der Waals surface area contributed by atoms with Crippen LogP contribution in [0.1, 0.15) is 12.0 Å². The van der Waals surface area contributed by atoms with Crippen LogP contribution in [0.3, 0.4) is 0 Å². The molecule has 0 atom stereocenters. The smallest absolute Gasteiger partial charge is 0.223 e. The molecular formula is C13H20N2O3. The number of methoxy groups -OCH3 is 1. The monoisotopic (exact) mass is 252 g/mol. The van der Waals surface area contributed by atoms with Gasteiger partial charge in [-0.05, 0) is 24.1 Å². The fraction of sp³-hybridized carbons (Fsp3) is 0.538. The van der Waals surface area contributed by atoms with Crippen LogP contribution in [-0.4, -0.2) is 54.3 Å². The average Bonchev–Trinajstić information content (AvgIpc) is 2.42. The molecule has 0 unspecified atom stereocenters. The maximum atomic E-state index is 12.0. The number of aromatic nitrogens is 1. The summed E-state index contributed by atoms with van der Waals surface area (Å²) in [7, 11) is 1.60. The van der Waals surface area contributed by atoms with Crippen LogP contribution in [-0.2, 0) is 16.0 Å². The molecule has 0 aliphatic carbocycles. The van der Waals surface area contributed by atoms with Gasteiger partial charge in [0, 0.05) is 39.0 Å². The van der Waals surface area contributed by atoms with Crippen molar-refractivity contribution < 1.29 is 14.6 Å². The van der Waals surface area contributed by atoms with Gasteiger partial charge in [-0.1, -0.05) is 0 Å². The molecule has 0 aliphatic heterocycles. The molecule has 1 rings (SSSR count). The fourth-order valence-corrected chi connectivity index (χ4v) is 1.64. The minimum Gasteiger partial charge on any atom is -0.395 e. The van der Waals surface area contributed by atoms with Crippen LogP contribution < -0.4 is 0 Å². The fourth-order valence-electron chi connectivity index (χ4n) is 1.64. The van der Waals surface area contributed by atoms with Crippen molar-refractivity contribution in [3.05, 3.63) is 30.1 Å². The van der Waals surface area contributed by atoms with E-state index >= 15 is 0 Å². The van der Waals surface area contributed by atoms with Crippen molar-refractivity contribution in [3.63, 3.8) is 0 Å². The summed E-state index contributed by atoms with van der Waals surface area (Å²) in [5, 5.41) is 8.93. The van der Waals surface area contributed by atoms with Gasteiger partial charge >= 0.3 is 0 Å². The number of aliphatic hydroxyl groups excluding tert-OH is 1. The third kappa shape index (κ3) is 5.25. The molecule has 100 valence electrons. The lowest BCUT2D eigenvalue weighted by molar-refractivity contribution is -0.132. The van der Waals surface area contributed by atoms with Crippen LogP contribution in [0.25, 0.3) is 0 Å². The average molecular weight is 252 g/mol. The Bertz CT molecular complexity index is 343. The normalized spacial score (nSPS) is 10.3. The number of hydrogen-bond donors (Lipinski definition) is 1. The van der Waals surface area contributed by atoms with Crippen LogP contribution >= 0.6 is 0 Å². The Hall–Kier alpha value is -1.46. The third-order valence-corrected chi connectivity index (χ3v) is 2.66. The summed E-state index contributed by atoms with van der Waals surface area (Å²) in [5.41, 5.74) is 1.09. The Morgan fingerprint density at radius 3 is 2.72 bits per heavy atom. The predicted octanol–water partition coefficient (Wildman–Crippen LogP) is 0.481. The van der Waals surface area contributed by atoms with Crippen molar-refractivity contribution in [2.45, 2.75) is 12.8 Å². The maximum absolute atomic E-state index is 12.0. The Labute approximate surface area is 107 Å². The molecule has 0 radical (unpaired) electrons. The highest BCUT2D eigenvalue weighted by Crippen LogP contribution is 2.03. The third-order valence-electron chi connectivity index (χ3n) is 2.66. The standard InChI is InChI=1S/C13H20N2O3/c1-18-11-9-15(8-10-16)13(17)3-2-12-4-6-14-7-5-12/h4-7,16H,2-3,8-11H2,1H3. The molecular weight excluding hydrogens is 232 g/mol. The number of carbonyl (C=O) groups excluding carboxylic acids is 1. The van der Waals surface area contributed by atoms with Gasteiger partial charge in [-0.25, -0.2) is 0 Å². The molecule has 0 saturated heterocycles. The number of ether oxygens (including phenoxy) is 1. The lowest BCUT2D eigenvalue weighted by Crippen LogP contribution is -2.36. The topological polar surface area (TPSA) is 62.7 Å². The number of aryl methyl sites for hydroxylation is 1. The molecule has 1 heterocycles. The minimum atomic E-state index is -0.0231. The number of nitrogens with zero attached hydrogens (tertiary/aromatic N) is 2. The molecule has 0 bridgehead atoms. The maximum Gasteiger partial charge on any atom is 0.223 e. The number of pyridine rings is 1. The zero-order valence-corrected chi connectivity index (χ0v) is 10.7. The Morgan fingerprint density at radius 1 is 1.39 bits per heavy atom. The van der Waals surface area contributed by atoms with Gasteiger partial charge < -0.3 is 14.7 Å². The highest BCUT2D eigenvalue weighted by Gasteiger charge is 2.12. The Morgan fingerprint density at radius 2 is 2.11 bits per heavy atom.